The van der Waals surface area contributed by atoms with Gasteiger partial charge in [0.1, 0.15) is 12.1 Å². The van der Waals surface area contributed by atoms with Crippen molar-refractivity contribution in [3.8, 4) is 0 Å². The third-order valence-corrected chi connectivity index (χ3v) is 1.27. The van der Waals surface area contributed by atoms with Gasteiger partial charge in [-0.1, -0.05) is 0 Å². The van der Waals surface area contributed by atoms with Crippen LogP contribution in [0.2, 0.25) is 0 Å². The van der Waals surface area contributed by atoms with E-state index in [1.165, 1.54) is 0 Å². The van der Waals surface area contributed by atoms with Crippen molar-refractivity contribution in [3.05, 3.63) is 0 Å². The molecule has 2 atom stereocenters. The summed E-state index contributed by atoms with van der Waals surface area (Å²) in [6, 6.07) is -0.411. The Balaban J connectivity index is 2.45. The van der Waals surface area contributed by atoms with E-state index in [2.05, 4.69) is 9.98 Å². The third-order valence-electron chi connectivity index (χ3n) is 1.27. The molecule has 0 saturated heterocycles. The Morgan fingerprint density at radius 3 is 1.60 bits per heavy atom. The van der Waals surface area contributed by atoms with Crippen LogP contribution in [0.4, 0.5) is 0 Å². The summed E-state index contributed by atoms with van der Waals surface area (Å²) >= 11 is 0. The van der Waals surface area contributed by atoms with Gasteiger partial charge in [0.2, 0.25) is 0 Å². The first-order chi connectivity index (χ1) is 4.86. The minimum Gasteiger partial charge on any atom is -0.394 e. The predicted octanol–water partition coefficient (Wildman–Crippen LogP) is -1.14. The van der Waals surface area contributed by atoms with Gasteiger partial charge in [-0.25, -0.2) is 0 Å². The second-order valence-electron chi connectivity index (χ2n) is 2.10. The van der Waals surface area contributed by atoms with Crippen LogP contribution in [-0.4, -0.2) is 47.9 Å². The molecule has 4 heteroatoms. The molecule has 2 N–H and O–H groups in total. The van der Waals surface area contributed by atoms with Crippen LogP contribution < -0.4 is 0 Å². The lowest BCUT2D eigenvalue weighted by atomic mass is 10.2. The summed E-state index contributed by atoms with van der Waals surface area (Å²) in [4.78, 5) is 7.83. The van der Waals surface area contributed by atoms with Crippen molar-refractivity contribution in [3.63, 3.8) is 0 Å². The maximum atomic E-state index is 8.58. The first-order valence-electron chi connectivity index (χ1n) is 3.15. The highest BCUT2D eigenvalue weighted by Crippen LogP contribution is 1.96. The van der Waals surface area contributed by atoms with E-state index in [1.54, 1.807) is 12.4 Å². The lowest BCUT2D eigenvalue weighted by Gasteiger charge is -2.10. The zero-order valence-electron chi connectivity index (χ0n) is 5.51. The van der Waals surface area contributed by atoms with Gasteiger partial charge in [0.15, 0.2) is 0 Å². The molecule has 0 amide bonds. The lowest BCUT2D eigenvalue weighted by molar-refractivity contribution is 0.281. The molecule has 0 spiro atoms. The van der Waals surface area contributed by atoms with Crippen LogP contribution in [0.25, 0.3) is 0 Å². The maximum Gasteiger partial charge on any atom is 0.107 e. The normalized spacial score (nSPS) is 31.0. The second kappa shape index (κ2) is 3.43. The molecule has 0 aromatic heterocycles. The zero-order chi connectivity index (χ0) is 7.40. The molecule has 0 saturated carbocycles. The fourth-order valence-electron chi connectivity index (χ4n) is 0.685. The molecule has 4 nitrogen and oxygen atoms in total. The number of aliphatic hydroxyl groups excluding tert-OH is 2. The molecule has 1 aliphatic heterocycles. The average molecular weight is 142 g/mol. The molecule has 0 fully saturated rings. The first kappa shape index (κ1) is 7.37. The number of rotatable bonds is 2. The van der Waals surface area contributed by atoms with Crippen LogP contribution in [0.1, 0.15) is 0 Å². The summed E-state index contributed by atoms with van der Waals surface area (Å²) < 4.78 is 0. The summed E-state index contributed by atoms with van der Waals surface area (Å²) in [7, 11) is 0. The Morgan fingerprint density at radius 1 is 1.00 bits per heavy atom. The molecule has 10 heavy (non-hydrogen) atoms. The SMILES string of the molecule is OCC1C=NC(CO)C=N1. The van der Waals surface area contributed by atoms with Gasteiger partial charge in [-0.3, -0.25) is 9.98 Å². The topological polar surface area (TPSA) is 65.2 Å². The standard InChI is InChI=1S/C6H10N2O2/c9-3-5-1-7-6(4-10)2-8-5/h1-2,5-6,9-10H,3-4H2. The number of aliphatic hydroxyl groups is 2. The monoisotopic (exact) mass is 142 g/mol. The summed E-state index contributed by atoms with van der Waals surface area (Å²) in [6.07, 6.45) is 3.11. The quantitative estimate of drug-likeness (QED) is 0.512. The molecule has 56 valence electrons. The Labute approximate surface area is 58.9 Å². The summed E-state index contributed by atoms with van der Waals surface area (Å²) in [5.74, 6) is 0. The number of hydrogen-bond acceptors (Lipinski definition) is 4. The Kier molecular flexibility index (Phi) is 2.53. The Bertz CT molecular complexity index is 126. The lowest BCUT2D eigenvalue weighted by Crippen LogP contribution is -2.23. The van der Waals surface area contributed by atoms with Crippen LogP contribution in [0.15, 0.2) is 9.98 Å². The van der Waals surface area contributed by atoms with Crippen LogP contribution in [0.5, 0.6) is 0 Å². The van der Waals surface area contributed by atoms with E-state index in [4.69, 9.17) is 10.2 Å². The molecule has 1 rings (SSSR count). The summed E-state index contributed by atoms with van der Waals surface area (Å²) in [5.41, 5.74) is 0. The first-order valence-corrected chi connectivity index (χ1v) is 3.15. The Hall–Kier alpha value is -0.740. The molecule has 0 aromatic rings. The second-order valence-corrected chi connectivity index (χ2v) is 2.10. The van der Waals surface area contributed by atoms with E-state index in [9.17, 15) is 0 Å². The molecule has 1 aliphatic rings. The van der Waals surface area contributed by atoms with Crippen LogP contribution in [0.3, 0.4) is 0 Å². The third kappa shape index (κ3) is 1.62. The van der Waals surface area contributed by atoms with Crippen molar-refractivity contribution < 1.29 is 10.2 Å². The van der Waals surface area contributed by atoms with Gasteiger partial charge in [-0.2, -0.15) is 0 Å². The number of hydrogen-bond donors (Lipinski definition) is 2. The molecule has 0 aliphatic carbocycles. The molecule has 2 unspecified atom stereocenters. The maximum absolute atomic E-state index is 8.58. The molecular weight excluding hydrogens is 132 g/mol. The smallest absolute Gasteiger partial charge is 0.107 e. The summed E-state index contributed by atoms with van der Waals surface area (Å²) in [6.45, 7) is -0.0315. The van der Waals surface area contributed by atoms with E-state index < -0.39 is 0 Å². The van der Waals surface area contributed by atoms with Crippen molar-refractivity contribution in [2.45, 2.75) is 12.1 Å². The fraction of sp³-hybridized carbons (Fsp3) is 0.667. The van der Waals surface area contributed by atoms with Gasteiger partial charge in [0.05, 0.1) is 13.2 Å². The Morgan fingerprint density at radius 2 is 1.40 bits per heavy atom. The van der Waals surface area contributed by atoms with E-state index in [1.807, 2.05) is 0 Å². The fourth-order valence-corrected chi connectivity index (χ4v) is 0.685. The van der Waals surface area contributed by atoms with E-state index >= 15 is 0 Å². The largest absolute Gasteiger partial charge is 0.394 e. The van der Waals surface area contributed by atoms with Crippen molar-refractivity contribution in [2.75, 3.05) is 13.2 Å². The highest BCUT2D eigenvalue weighted by Gasteiger charge is 2.08. The highest BCUT2D eigenvalue weighted by atomic mass is 16.3. The molecule has 0 aromatic carbocycles. The minimum absolute atomic E-state index is 0.0157. The highest BCUT2D eigenvalue weighted by molar-refractivity contribution is 5.78. The van der Waals surface area contributed by atoms with Gasteiger partial charge < -0.3 is 10.2 Å². The summed E-state index contributed by atoms with van der Waals surface area (Å²) in [5, 5.41) is 17.2. The van der Waals surface area contributed by atoms with Crippen molar-refractivity contribution in [1.82, 2.24) is 0 Å². The van der Waals surface area contributed by atoms with Gasteiger partial charge in [0, 0.05) is 12.4 Å². The van der Waals surface area contributed by atoms with Crippen molar-refractivity contribution in [2.24, 2.45) is 9.98 Å². The van der Waals surface area contributed by atoms with E-state index in [-0.39, 0.29) is 25.3 Å². The minimum atomic E-state index is -0.206. The van der Waals surface area contributed by atoms with E-state index in [0.717, 1.165) is 0 Å². The van der Waals surface area contributed by atoms with Crippen LogP contribution >= 0.6 is 0 Å². The van der Waals surface area contributed by atoms with Crippen LogP contribution in [-0.2, 0) is 0 Å². The van der Waals surface area contributed by atoms with Gasteiger partial charge in [0.25, 0.3) is 0 Å². The molecule has 1 heterocycles. The van der Waals surface area contributed by atoms with E-state index in [0.29, 0.717) is 0 Å². The van der Waals surface area contributed by atoms with Gasteiger partial charge in [-0.15, -0.1) is 0 Å². The van der Waals surface area contributed by atoms with Crippen molar-refractivity contribution >= 4 is 12.4 Å². The van der Waals surface area contributed by atoms with Crippen molar-refractivity contribution in [1.29, 1.82) is 0 Å². The van der Waals surface area contributed by atoms with Crippen LogP contribution in [0, 0.1) is 0 Å². The molecular formula is C6H10N2O2. The van der Waals surface area contributed by atoms with Gasteiger partial charge in [-0.05, 0) is 0 Å². The average Bonchev–Trinajstić information content (AvgIpc) is 2.05. The zero-order valence-corrected chi connectivity index (χ0v) is 5.51. The number of aliphatic imine (C=N–C) groups is 2. The van der Waals surface area contributed by atoms with Gasteiger partial charge >= 0.3 is 0 Å². The number of nitrogens with zero attached hydrogens (tertiary/aromatic N) is 2. The molecule has 0 radical (unpaired) electrons. The predicted molar refractivity (Wildman–Crippen MR) is 38.7 cm³/mol. The molecule has 0 bridgehead atoms.